The normalized spacial score (nSPS) is 12.1. The third-order valence-electron chi connectivity index (χ3n) is 3.53. The van der Waals surface area contributed by atoms with Crippen molar-refractivity contribution in [2.24, 2.45) is 10.1 Å². The lowest BCUT2D eigenvalue weighted by molar-refractivity contribution is 0.575. The van der Waals surface area contributed by atoms with E-state index in [4.69, 9.17) is 4.42 Å². The van der Waals surface area contributed by atoms with Crippen LogP contribution in [0.4, 0.5) is 10.1 Å². The van der Waals surface area contributed by atoms with Crippen LogP contribution in [0.1, 0.15) is 5.56 Å². The Balaban J connectivity index is 1.85. The number of furan rings is 1. The summed E-state index contributed by atoms with van der Waals surface area (Å²) >= 11 is 1.35. The maximum atomic E-state index is 14.0. The molecular weight excluding hydrogens is 351 g/mol. The fourth-order valence-corrected chi connectivity index (χ4v) is 3.14. The van der Waals surface area contributed by atoms with Crippen molar-refractivity contribution in [2.75, 3.05) is 0 Å². The third kappa shape index (κ3) is 3.38. The highest BCUT2D eigenvalue weighted by atomic mass is 32.1. The van der Waals surface area contributed by atoms with Crippen molar-refractivity contribution in [2.45, 2.75) is 0 Å². The van der Waals surface area contributed by atoms with Crippen LogP contribution in [0.15, 0.2) is 87.1 Å². The number of pyridine rings is 1. The molecule has 0 atom stereocenters. The van der Waals surface area contributed by atoms with E-state index in [-0.39, 0.29) is 11.5 Å². The predicted octanol–water partition coefficient (Wildman–Crippen LogP) is 4.46. The van der Waals surface area contributed by atoms with Crippen LogP contribution in [-0.2, 0) is 0 Å². The summed E-state index contributed by atoms with van der Waals surface area (Å²) in [6, 6.07) is 13.7. The highest BCUT2D eigenvalue weighted by Crippen LogP contribution is 2.22. The van der Waals surface area contributed by atoms with Crippen LogP contribution in [0.25, 0.3) is 11.5 Å². The minimum atomic E-state index is -0.386. The monoisotopic (exact) mass is 364 g/mol. The first-order valence-corrected chi connectivity index (χ1v) is 8.67. The maximum absolute atomic E-state index is 14.0. The molecule has 128 valence electrons. The average molecular weight is 364 g/mol. The number of hydrogen-bond donors (Lipinski definition) is 0. The highest BCUT2D eigenvalue weighted by molar-refractivity contribution is 7.07. The molecule has 0 saturated heterocycles. The van der Waals surface area contributed by atoms with Gasteiger partial charge in [0.15, 0.2) is 5.76 Å². The summed E-state index contributed by atoms with van der Waals surface area (Å²) in [7, 11) is 0. The van der Waals surface area contributed by atoms with Gasteiger partial charge < -0.3 is 4.42 Å². The Hall–Kier alpha value is -3.32. The van der Waals surface area contributed by atoms with Gasteiger partial charge in [-0.25, -0.2) is 14.1 Å². The third-order valence-corrected chi connectivity index (χ3v) is 4.35. The van der Waals surface area contributed by atoms with Gasteiger partial charge in [-0.05, 0) is 30.3 Å². The number of nitrogens with zero attached hydrogens (tertiary/aromatic N) is 4. The molecule has 0 aliphatic rings. The smallest absolute Gasteiger partial charge is 0.211 e. The van der Waals surface area contributed by atoms with Gasteiger partial charge in [-0.3, -0.25) is 4.98 Å². The second-order valence-electron chi connectivity index (χ2n) is 5.29. The van der Waals surface area contributed by atoms with Gasteiger partial charge in [0.05, 0.1) is 12.5 Å². The number of halogens is 1. The maximum Gasteiger partial charge on any atom is 0.211 e. The van der Waals surface area contributed by atoms with E-state index in [0.29, 0.717) is 10.6 Å². The standard InChI is InChI=1S/C19H13FN4OS/c20-15-6-1-2-7-16(15)23-19-24(22-12-14-5-3-9-21-11-14)17(13-26-19)18-8-4-10-25-18/h1-13H. The molecular formula is C19H13FN4OS. The van der Waals surface area contributed by atoms with Gasteiger partial charge in [-0.2, -0.15) is 5.10 Å². The second-order valence-corrected chi connectivity index (χ2v) is 6.12. The van der Waals surface area contributed by atoms with Crippen molar-refractivity contribution in [1.29, 1.82) is 0 Å². The van der Waals surface area contributed by atoms with Crippen molar-refractivity contribution < 1.29 is 8.81 Å². The molecule has 0 saturated carbocycles. The number of benzene rings is 1. The van der Waals surface area contributed by atoms with Gasteiger partial charge in [-0.15, -0.1) is 11.3 Å². The van der Waals surface area contributed by atoms with Gasteiger partial charge in [0.2, 0.25) is 4.80 Å². The summed E-state index contributed by atoms with van der Waals surface area (Å²) in [5.41, 5.74) is 1.83. The predicted molar refractivity (Wildman–Crippen MR) is 98.9 cm³/mol. The van der Waals surface area contributed by atoms with Crippen LogP contribution in [0.5, 0.6) is 0 Å². The van der Waals surface area contributed by atoms with Crippen LogP contribution in [0, 0.1) is 5.82 Å². The second kappa shape index (κ2) is 7.28. The molecule has 7 heteroatoms. The molecule has 4 rings (SSSR count). The van der Waals surface area contributed by atoms with Gasteiger partial charge in [0.25, 0.3) is 0 Å². The molecule has 3 aromatic heterocycles. The molecule has 0 spiro atoms. The van der Waals surface area contributed by atoms with E-state index in [9.17, 15) is 4.39 Å². The quantitative estimate of drug-likeness (QED) is 0.502. The zero-order chi connectivity index (χ0) is 17.8. The molecule has 0 fully saturated rings. The number of aromatic nitrogens is 2. The molecule has 0 bridgehead atoms. The minimum absolute atomic E-state index is 0.255. The molecule has 0 radical (unpaired) electrons. The molecule has 0 N–H and O–H groups in total. The number of para-hydroxylation sites is 1. The highest BCUT2D eigenvalue weighted by Gasteiger charge is 2.10. The first-order valence-electron chi connectivity index (χ1n) is 7.79. The summed E-state index contributed by atoms with van der Waals surface area (Å²) in [5, 5.41) is 6.38. The van der Waals surface area contributed by atoms with Crippen LogP contribution in [-0.4, -0.2) is 15.9 Å². The Bertz CT molecular complexity index is 1100. The Kier molecular flexibility index (Phi) is 4.53. The summed E-state index contributed by atoms with van der Waals surface area (Å²) in [5.74, 6) is 0.266. The first kappa shape index (κ1) is 16.2. The topological polar surface area (TPSA) is 55.7 Å². The van der Waals surface area contributed by atoms with Crippen LogP contribution < -0.4 is 4.80 Å². The van der Waals surface area contributed by atoms with Gasteiger partial charge >= 0.3 is 0 Å². The lowest BCUT2D eigenvalue weighted by Crippen LogP contribution is -2.11. The van der Waals surface area contributed by atoms with E-state index in [2.05, 4.69) is 15.1 Å². The van der Waals surface area contributed by atoms with Crippen molar-refractivity contribution in [3.63, 3.8) is 0 Å². The Morgan fingerprint density at radius 3 is 2.81 bits per heavy atom. The van der Waals surface area contributed by atoms with E-state index in [1.807, 2.05) is 23.6 Å². The Morgan fingerprint density at radius 2 is 2.04 bits per heavy atom. The molecule has 1 aromatic carbocycles. The molecule has 0 amide bonds. The first-order chi connectivity index (χ1) is 12.8. The lowest BCUT2D eigenvalue weighted by Gasteiger charge is -2.01. The fourth-order valence-electron chi connectivity index (χ4n) is 2.31. The number of rotatable bonds is 4. The Morgan fingerprint density at radius 1 is 1.12 bits per heavy atom. The lowest BCUT2D eigenvalue weighted by atomic mass is 10.3. The van der Waals surface area contributed by atoms with E-state index < -0.39 is 0 Å². The number of hydrogen-bond acceptors (Lipinski definition) is 5. The summed E-state index contributed by atoms with van der Waals surface area (Å²) < 4.78 is 21.1. The largest absolute Gasteiger partial charge is 0.463 e. The van der Waals surface area contributed by atoms with Crippen LogP contribution in [0.2, 0.25) is 0 Å². The van der Waals surface area contributed by atoms with Gasteiger partial charge in [0.1, 0.15) is 17.2 Å². The molecule has 26 heavy (non-hydrogen) atoms. The van der Waals surface area contributed by atoms with Crippen molar-refractivity contribution in [1.82, 2.24) is 9.66 Å². The van der Waals surface area contributed by atoms with E-state index in [1.165, 1.54) is 17.4 Å². The van der Waals surface area contributed by atoms with E-state index >= 15 is 0 Å². The molecule has 4 aromatic rings. The fraction of sp³-hybridized carbons (Fsp3) is 0. The summed E-state index contributed by atoms with van der Waals surface area (Å²) in [6.45, 7) is 0. The summed E-state index contributed by atoms with van der Waals surface area (Å²) in [6.07, 6.45) is 6.67. The average Bonchev–Trinajstić information content (AvgIpc) is 3.32. The molecule has 0 aliphatic carbocycles. The van der Waals surface area contributed by atoms with Gasteiger partial charge in [0, 0.05) is 23.3 Å². The van der Waals surface area contributed by atoms with E-state index in [0.717, 1.165) is 11.3 Å². The summed E-state index contributed by atoms with van der Waals surface area (Å²) in [4.78, 5) is 9.02. The molecule has 0 aliphatic heterocycles. The zero-order valence-electron chi connectivity index (χ0n) is 13.5. The van der Waals surface area contributed by atoms with Crippen LogP contribution >= 0.6 is 11.3 Å². The SMILES string of the molecule is Fc1ccccc1N=c1scc(-c2ccco2)n1N=Cc1cccnc1. The molecule has 5 nitrogen and oxygen atoms in total. The zero-order valence-corrected chi connectivity index (χ0v) is 14.3. The number of thiazole rings is 1. The molecule has 3 heterocycles. The Labute approximate surface area is 152 Å². The van der Waals surface area contributed by atoms with Gasteiger partial charge in [-0.1, -0.05) is 18.2 Å². The van der Waals surface area contributed by atoms with Crippen molar-refractivity contribution in [3.8, 4) is 11.5 Å². The van der Waals surface area contributed by atoms with E-state index in [1.54, 1.807) is 53.8 Å². The molecule has 0 unspecified atom stereocenters. The minimum Gasteiger partial charge on any atom is -0.463 e. The van der Waals surface area contributed by atoms with Crippen molar-refractivity contribution in [3.05, 3.63) is 88.7 Å². The van der Waals surface area contributed by atoms with Crippen molar-refractivity contribution >= 4 is 23.2 Å². The van der Waals surface area contributed by atoms with Crippen LogP contribution in [0.3, 0.4) is 0 Å².